The Morgan fingerprint density at radius 1 is 1.30 bits per heavy atom. The topological polar surface area (TPSA) is 41.0 Å². The zero-order chi connectivity index (χ0) is 14.4. The molecule has 4 nitrogen and oxygen atoms in total. The standard InChI is InChI=1S/C14H19FN4S/c1-3-19(9-8-16-2)14-17-13(18-20-14)10-11-4-6-12(15)7-5-11/h4-7,16H,3,8-10H2,1-2H3. The predicted octanol–water partition coefficient (Wildman–Crippen LogP) is 2.31. The predicted molar refractivity (Wildman–Crippen MR) is 80.9 cm³/mol. The fraction of sp³-hybridized carbons (Fsp3) is 0.429. The highest BCUT2D eigenvalue weighted by molar-refractivity contribution is 7.09. The average Bonchev–Trinajstić information content (AvgIpc) is 2.91. The minimum Gasteiger partial charge on any atom is -0.346 e. The number of anilines is 1. The number of nitrogens with zero attached hydrogens (tertiary/aromatic N) is 3. The zero-order valence-electron chi connectivity index (χ0n) is 11.8. The van der Waals surface area contributed by atoms with Crippen molar-refractivity contribution in [2.24, 2.45) is 0 Å². The van der Waals surface area contributed by atoms with Crippen LogP contribution in [-0.2, 0) is 6.42 Å². The van der Waals surface area contributed by atoms with Crippen LogP contribution in [0, 0.1) is 5.82 Å². The quantitative estimate of drug-likeness (QED) is 0.851. The average molecular weight is 294 g/mol. The monoisotopic (exact) mass is 294 g/mol. The van der Waals surface area contributed by atoms with Crippen LogP contribution in [0.5, 0.6) is 0 Å². The second-order valence-electron chi connectivity index (χ2n) is 4.48. The number of nitrogens with one attached hydrogen (secondary N) is 1. The summed E-state index contributed by atoms with van der Waals surface area (Å²) < 4.78 is 17.2. The second-order valence-corrected chi connectivity index (χ2v) is 5.21. The van der Waals surface area contributed by atoms with Gasteiger partial charge < -0.3 is 10.2 Å². The van der Waals surface area contributed by atoms with E-state index in [0.717, 1.165) is 36.2 Å². The molecule has 0 radical (unpaired) electrons. The molecule has 2 aromatic rings. The van der Waals surface area contributed by atoms with Crippen LogP contribution >= 0.6 is 11.5 Å². The van der Waals surface area contributed by atoms with Crippen molar-refractivity contribution in [2.45, 2.75) is 13.3 Å². The van der Waals surface area contributed by atoms with E-state index in [9.17, 15) is 4.39 Å². The van der Waals surface area contributed by atoms with E-state index in [-0.39, 0.29) is 5.82 Å². The molecule has 108 valence electrons. The van der Waals surface area contributed by atoms with E-state index in [1.165, 1.54) is 23.7 Å². The summed E-state index contributed by atoms with van der Waals surface area (Å²) in [6, 6.07) is 6.48. The summed E-state index contributed by atoms with van der Waals surface area (Å²) in [6.45, 7) is 4.85. The third kappa shape index (κ3) is 3.98. The van der Waals surface area contributed by atoms with E-state index in [1.807, 2.05) is 7.05 Å². The minimum atomic E-state index is -0.218. The van der Waals surface area contributed by atoms with Crippen molar-refractivity contribution in [3.63, 3.8) is 0 Å². The SMILES string of the molecule is CCN(CCNC)c1nc(Cc2ccc(F)cc2)ns1. The molecular formula is C14H19FN4S. The van der Waals surface area contributed by atoms with Gasteiger partial charge in [-0.15, -0.1) is 0 Å². The molecule has 0 aliphatic carbocycles. The van der Waals surface area contributed by atoms with Gasteiger partial charge in [0.25, 0.3) is 0 Å². The van der Waals surface area contributed by atoms with Crippen LogP contribution in [0.4, 0.5) is 9.52 Å². The lowest BCUT2D eigenvalue weighted by Gasteiger charge is -2.18. The van der Waals surface area contributed by atoms with Crippen molar-refractivity contribution < 1.29 is 4.39 Å². The van der Waals surface area contributed by atoms with Gasteiger partial charge in [-0.1, -0.05) is 12.1 Å². The van der Waals surface area contributed by atoms with Gasteiger partial charge in [0.05, 0.1) is 0 Å². The summed E-state index contributed by atoms with van der Waals surface area (Å²) in [5.74, 6) is 0.574. The molecule has 0 aliphatic rings. The van der Waals surface area contributed by atoms with Crippen LogP contribution in [-0.4, -0.2) is 36.0 Å². The molecule has 0 unspecified atom stereocenters. The molecule has 0 saturated heterocycles. The van der Waals surface area contributed by atoms with Gasteiger partial charge in [0, 0.05) is 37.6 Å². The molecule has 0 spiro atoms. The Morgan fingerprint density at radius 3 is 2.70 bits per heavy atom. The van der Waals surface area contributed by atoms with Crippen LogP contribution in [0.2, 0.25) is 0 Å². The van der Waals surface area contributed by atoms with Crippen molar-refractivity contribution in [3.05, 3.63) is 41.5 Å². The van der Waals surface area contributed by atoms with Crippen molar-refractivity contribution in [3.8, 4) is 0 Å². The lowest BCUT2D eigenvalue weighted by atomic mass is 10.1. The first-order valence-electron chi connectivity index (χ1n) is 6.69. The van der Waals surface area contributed by atoms with Gasteiger partial charge in [0.2, 0.25) is 5.13 Å². The molecule has 1 aromatic carbocycles. The molecule has 6 heteroatoms. The van der Waals surface area contributed by atoms with E-state index in [1.54, 1.807) is 12.1 Å². The highest BCUT2D eigenvalue weighted by Gasteiger charge is 2.11. The third-order valence-electron chi connectivity index (χ3n) is 3.02. The van der Waals surface area contributed by atoms with E-state index < -0.39 is 0 Å². The van der Waals surface area contributed by atoms with E-state index in [0.29, 0.717) is 6.42 Å². The number of hydrogen-bond acceptors (Lipinski definition) is 5. The molecule has 0 fully saturated rings. The summed E-state index contributed by atoms with van der Waals surface area (Å²) >= 11 is 1.42. The fourth-order valence-corrected chi connectivity index (χ4v) is 2.64. The molecule has 20 heavy (non-hydrogen) atoms. The largest absolute Gasteiger partial charge is 0.346 e. The Morgan fingerprint density at radius 2 is 2.05 bits per heavy atom. The van der Waals surface area contributed by atoms with Gasteiger partial charge in [-0.3, -0.25) is 0 Å². The van der Waals surface area contributed by atoms with Gasteiger partial charge in [-0.25, -0.2) is 9.37 Å². The Bertz CT molecular complexity index is 526. The molecule has 2 rings (SSSR count). The first kappa shape index (κ1) is 14.9. The Hall–Kier alpha value is -1.53. The lowest BCUT2D eigenvalue weighted by molar-refractivity contribution is 0.627. The Kier molecular flexibility index (Phi) is 5.43. The third-order valence-corrected chi connectivity index (χ3v) is 3.83. The van der Waals surface area contributed by atoms with Crippen LogP contribution < -0.4 is 10.2 Å². The fourth-order valence-electron chi connectivity index (χ4n) is 1.87. The number of likely N-dealkylation sites (N-methyl/N-ethyl adjacent to an activating group) is 2. The van der Waals surface area contributed by atoms with E-state index >= 15 is 0 Å². The van der Waals surface area contributed by atoms with Gasteiger partial charge in [0.1, 0.15) is 11.6 Å². The zero-order valence-corrected chi connectivity index (χ0v) is 12.6. The summed E-state index contributed by atoms with van der Waals surface area (Å²) in [6.07, 6.45) is 0.639. The molecular weight excluding hydrogens is 275 g/mol. The number of rotatable bonds is 7. The number of halogens is 1. The summed E-state index contributed by atoms with van der Waals surface area (Å²) in [7, 11) is 1.94. The number of benzene rings is 1. The minimum absolute atomic E-state index is 0.218. The van der Waals surface area contributed by atoms with Crippen molar-refractivity contribution in [2.75, 3.05) is 31.6 Å². The number of aromatic nitrogens is 2. The maximum atomic E-state index is 12.9. The molecule has 0 amide bonds. The first-order chi connectivity index (χ1) is 9.72. The molecule has 0 aliphatic heterocycles. The molecule has 1 N–H and O–H groups in total. The molecule has 1 heterocycles. The Balaban J connectivity index is 2.02. The van der Waals surface area contributed by atoms with Gasteiger partial charge in [-0.2, -0.15) is 4.37 Å². The summed E-state index contributed by atoms with van der Waals surface area (Å²) in [5, 5.41) is 4.08. The summed E-state index contributed by atoms with van der Waals surface area (Å²) in [5.41, 5.74) is 1.02. The molecule has 0 atom stereocenters. The molecule has 0 bridgehead atoms. The smallest absolute Gasteiger partial charge is 0.205 e. The number of hydrogen-bond donors (Lipinski definition) is 1. The lowest BCUT2D eigenvalue weighted by Crippen LogP contribution is -2.30. The van der Waals surface area contributed by atoms with Crippen molar-refractivity contribution in [1.82, 2.24) is 14.7 Å². The molecule has 1 aromatic heterocycles. The first-order valence-corrected chi connectivity index (χ1v) is 7.47. The maximum Gasteiger partial charge on any atom is 0.205 e. The van der Waals surface area contributed by atoms with Crippen LogP contribution in [0.1, 0.15) is 18.3 Å². The van der Waals surface area contributed by atoms with E-state index in [2.05, 4.69) is 26.5 Å². The van der Waals surface area contributed by atoms with Gasteiger partial charge in [0.15, 0.2) is 0 Å². The second kappa shape index (κ2) is 7.31. The maximum absolute atomic E-state index is 12.9. The van der Waals surface area contributed by atoms with Crippen LogP contribution in [0.3, 0.4) is 0 Å². The van der Waals surface area contributed by atoms with Crippen LogP contribution in [0.15, 0.2) is 24.3 Å². The molecule has 0 saturated carbocycles. The van der Waals surface area contributed by atoms with Crippen molar-refractivity contribution in [1.29, 1.82) is 0 Å². The normalized spacial score (nSPS) is 10.8. The summed E-state index contributed by atoms with van der Waals surface area (Å²) in [4.78, 5) is 6.76. The van der Waals surface area contributed by atoms with E-state index in [4.69, 9.17) is 0 Å². The highest BCUT2D eigenvalue weighted by Crippen LogP contribution is 2.18. The Labute approximate surface area is 122 Å². The van der Waals surface area contributed by atoms with Gasteiger partial charge in [-0.05, 0) is 31.7 Å². The van der Waals surface area contributed by atoms with Crippen molar-refractivity contribution >= 4 is 16.7 Å². The highest BCUT2D eigenvalue weighted by atomic mass is 32.1. The van der Waals surface area contributed by atoms with Crippen LogP contribution in [0.25, 0.3) is 0 Å². The van der Waals surface area contributed by atoms with Gasteiger partial charge >= 0.3 is 0 Å².